The molecule has 7 heteroatoms. The molecule has 32 heavy (non-hydrogen) atoms. The Hall–Kier alpha value is -2.74. The van der Waals surface area contributed by atoms with Crippen LogP contribution >= 0.6 is 12.2 Å². The van der Waals surface area contributed by atoms with E-state index in [9.17, 15) is 0 Å². The maximum Gasteiger partial charge on any atom is 0.170 e. The zero-order chi connectivity index (χ0) is 21.8. The number of morpholine rings is 1. The monoisotopic (exact) mass is 448 g/mol. The first kappa shape index (κ1) is 21.1. The number of nitrogens with one attached hydrogen (secondary N) is 1. The van der Waals surface area contributed by atoms with Crippen molar-refractivity contribution in [1.82, 2.24) is 20.1 Å². The molecule has 166 valence electrons. The molecule has 4 heterocycles. The van der Waals surface area contributed by atoms with Crippen LogP contribution in [0.3, 0.4) is 0 Å². The fourth-order valence-corrected chi connectivity index (χ4v) is 4.85. The molecule has 0 radical (unpaired) electrons. The lowest BCUT2D eigenvalue weighted by Gasteiger charge is -2.29. The summed E-state index contributed by atoms with van der Waals surface area (Å²) in [6, 6.07) is 20.2. The predicted octanol–water partition coefficient (Wildman–Crippen LogP) is 4.04. The lowest BCUT2D eigenvalue weighted by molar-refractivity contribution is 0.0365. The van der Waals surface area contributed by atoms with Crippen molar-refractivity contribution >= 4 is 17.3 Å². The van der Waals surface area contributed by atoms with Gasteiger partial charge < -0.3 is 19.4 Å². The highest BCUT2D eigenvalue weighted by Crippen LogP contribution is 2.40. The molecule has 0 bridgehead atoms. The van der Waals surface area contributed by atoms with Gasteiger partial charge in [-0.3, -0.25) is 9.88 Å². The smallest absolute Gasteiger partial charge is 0.170 e. The van der Waals surface area contributed by atoms with Gasteiger partial charge in [-0.25, -0.2) is 0 Å². The van der Waals surface area contributed by atoms with Crippen molar-refractivity contribution in [3.63, 3.8) is 0 Å². The third-order valence-corrected chi connectivity index (χ3v) is 6.50. The molecule has 0 amide bonds. The van der Waals surface area contributed by atoms with Gasteiger partial charge in [0.2, 0.25) is 0 Å². The number of nitrogens with zero attached hydrogens (tertiary/aromatic N) is 3. The second-order valence-corrected chi connectivity index (χ2v) is 8.58. The number of pyridine rings is 1. The van der Waals surface area contributed by atoms with Crippen LogP contribution in [-0.4, -0.2) is 59.3 Å². The van der Waals surface area contributed by atoms with Crippen LogP contribution in [0.1, 0.15) is 30.0 Å². The average molecular weight is 449 g/mol. The van der Waals surface area contributed by atoms with Crippen LogP contribution in [0.5, 0.6) is 0 Å². The third-order valence-electron chi connectivity index (χ3n) is 6.15. The minimum Gasteiger partial charge on any atom is -0.459 e. The van der Waals surface area contributed by atoms with E-state index in [-0.39, 0.29) is 12.1 Å². The Labute approximate surface area is 194 Å². The van der Waals surface area contributed by atoms with Gasteiger partial charge in [-0.15, -0.1) is 0 Å². The van der Waals surface area contributed by atoms with E-state index in [1.807, 2.05) is 48.7 Å². The minimum absolute atomic E-state index is 0.0421. The summed E-state index contributed by atoms with van der Waals surface area (Å²) in [4.78, 5) is 9.34. The van der Waals surface area contributed by atoms with Gasteiger partial charge >= 0.3 is 0 Å². The van der Waals surface area contributed by atoms with Gasteiger partial charge in [-0.1, -0.05) is 36.4 Å². The van der Waals surface area contributed by atoms with Gasteiger partial charge in [-0.2, -0.15) is 0 Å². The maximum atomic E-state index is 6.38. The number of hydrogen-bond acceptors (Lipinski definition) is 5. The Morgan fingerprint density at radius 2 is 1.78 bits per heavy atom. The minimum atomic E-state index is -0.0538. The van der Waals surface area contributed by atoms with Crippen molar-refractivity contribution in [2.45, 2.75) is 18.5 Å². The maximum absolute atomic E-state index is 6.38. The summed E-state index contributed by atoms with van der Waals surface area (Å²) in [6.07, 6.45) is 2.86. The van der Waals surface area contributed by atoms with Crippen molar-refractivity contribution in [2.75, 3.05) is 39.4 Å². The van der Waals surface area contributed by atoms with Crippen molar-refractivity contribution in [2.24, 2.45) is 0 Å². The Balaban J connectivity index is 1.39. The number of benzene rings is 1. The van der Waals surface area contributed by atoms with Gasteiger partial charge in [0.05, 0.1) is 24.9 Å². The molecule has 1 N–H and O–H groups in total. The van der Waals surface area contributed by atoms with Gasteiger partial charge in [0.1, 0.15) is 17.6 Å². The fourth-order valence-electron chi connectivity index (χ4n) is 4.51. The highest BCUT2D eigenvalue weighted by atomic mass is 32.1. The van der Waals surface area contributed by atoms with Crippen LogP contribution in [0.4, 0.5) is 0 Å². The van der Waals surface area contributed by atoms with Crippen molar-refractivity contribution < 1.29 is 9.15 Å². The largest absolute Gasteiger partial charge is 0.459 e. The number of rotatable bonds is 7. The summed E-state index contributed by atoms with van der Waals surface area (Å²) in [7, 11) is 0. The van der Waals surface area contributed by atoms with Crippen molar-refractivity contribution in [1.29, 1.82) is 0 Å². The summed E-state index contributed by atoms with van der Waals surface area (Å²) >= 11 is 5.78. The molecule has 0 unspecified atom stereocenters. The third kappa shape index (κ3) is 4.55. The summed E-state index contributed by atoms with van der Waals surface area (Å²) in [5.74, 6) is 1.77. The summed E-state index contributed by atoms with van der Waals surface area (Å²) < 4.78 is 11.9. The molecule has 5 rings (SSSR count). The Bertz CT molecular complexity index is 1020. The SMILES string of the molecule is S=C1N[C@H](c2ccccn2)[C@H](c2ccc(-c3ccccc3)o2)N1CCCN1CCOCC1. The quantitative estimate of drug-likeness (QED) is 0.548. The molecule has 2 aliphatic heterocycles. The van der Waals surface area contributed by atoms with Crippen molar-refractivity contribution in [3.8, 4) is 11.3 Å². The predicted molar refractivity (Wildman–Crippen MR) is 128 cm³/mol. The lowest BCUT2D eigenvalue weighted by Crippen LogP contribution is -2.38. The van der Waals surface area contributed by atoms with E-state index in [0.717, 1.165) is 73.7 Å². The number of furan rings is 1. The molecule has 0 saturated carbocycles. The molecule has 3 aromatic rings. The number of hydrogen-bond donors (Lipinski definition) is 1. The number of aromatic nitrogens is 1. The highest BCUT2D eigenvalue weighted by molar-refractivity contribution is 7.80. The van der Waals surface area contributed by atoms with E-state index < -0.39 is 0 Å². The zero-order valence-corrected chi connectivity index (χ0v) is 18.8. The van der Waals surface area contributed by atoms with E-state index >= 15 is 0 Å². The molecule has 2 atom stereocenters. The van der Waals surface area contributed by atoms with Crippen LogP contribution < -0.4 is 5.32 Å². The van der Waals surface area contributed by atoms with E-state index in [1.165, 1.54) is 0 Å². The highest BCUT2D eigenvalue weighted by Gasteiger charge is 2.41. The normalized spacial score (nSPS) is 21.6. The number of thiocarbonyl (C=S) groups is 1. The van der Waals surface area contributed by atoms with Crippen LogP contribution in [0, 0.1) is 0 Å². The zero-order valence-electron chi connectivity index (χ0n) is 18.0. The Kier molecular flexibility index (Phi) is 6.48. The van der Waals surface area contributed by atoms with Crippen LogP contribution in [0.15, 0.2) is 71.3 Å². The summed E-state index contributed by atoms with van der Waals surface area (Å²) in [5, 5.41) is 4.26. The summed E-state index contributed by atoms with van der Waals surface area (Å²) in [6.45, 7) is 5.55. The standard InChI is InChI=1S/C25H28N4O2S/c32-25-27-23(20-9-4-5-12-26-20)24(29(25)14-6-13-28-15-17-30-18-16-28)22-11-10-21(31-22)19-7-2-1-3-8-19/h1-5,7-12,23-24H,6,13-18H2,(H,27,32)/t23-,24+/m1/s1. The first-order chi connectivity index (χ1) is 15.8. The van der Waals surface area contributed by atoms with Crippen molar-refractivity contribution in [3.05, 3.63) is 78.3 Å². The van der Waals surface area contributed by atoms with Gasteiger partial charge in [-0.05, 0) is 42.9 Å². The molecule has 0 spiro atoms. The van der Waals surface area contributed by atoms with Gasteiger partial charge in [0.25, 0.3) is 0 Å². The van der Waals surface area contributed by atoms with Gasteiger partial charge in [0, 0.05) is 37.9 Å². The second kappa shape index (κ2) is 9.81. The van der Waals surface area contributed by atoms with E-state index in [1.54, 1.807) is 0 Å². The molecule has 0 aliphatic carbocycles. The first-order valence-corrected chi connectivity index (χ1v) is 11.6. The van der Waals surface area contributed by atoms with E-state index in [4.69, 9.17) is 21.4 Å². The Morgan fingerprint density at radius 3 is 2.56 bits per heavy atom. The topological polar surface area (TPSA) is 53.8 Å². The molecule has 2 saturated heterocycles. The molecule has 1 aromatic carbocycles. The average Bonchev–Trinajstić information content (AvgIpc) is 3.46. The molecule has 2 aliphatic rings. The summed E-state index contributed by atoms with van der Waals surface area (Å²) in [5.41, 5.74) is 2.04. The molecular weight excluding hydrogens is 420 g/mol. The van der Waals surface area contributed by atoms with E-state index in [0.29, 0.717) is 0 Å². The fraction of sp³-hybridized carbons (Fsp3) is 0.360. The lowest BCUT2D eigenvalue weighted by atomic mass is 10.0. The van der Waals surface area contributed by atoms with Crippen LogP contribution in [-0.2, 0) is 4.74 Å². The molecule has 6 nitrogen and oxygen atoms in total. The number of ether oxygens (including phenoxy) is 1. The van der Waals surface area contributed by atoms with E-state index in [2.05, 4.69) is 38.3 Å². The molecule has 2 fully saturated rings. The Morgan fingerprint density at radius 1 is 0.969 bits per heavy atom. The first-order valence-electron chi connectivity index (χ1n) is 11.2. The van der Waals surface area contributed by atoms with Gasteiger partial charge in [0.15, 0.2) is 5.11 Å². The molecular formula is C25H28N4O2S. The molecule has 2 aromatic heterocycles. The van der Waals surface area contributed by atoms with Crippen LogP contribution in [0.2, 0.25) is 0 Å². The van der Waals surface area contributed by atoms with Crippen LogP contribution in [0.25, 0.3) is 11.3 Å². The second-order valence-electron chi connectivity index (χ2n) is 8.20.